The van der Waals surface area contributed by atoms with Crippen LogP contribution in [0.25, 0.3) is 11.2 Å². The highest BCUT2D eigenvalue weighted by Crippen LogP contribution is 2.21. The minimum absolute atomic E-state index is 0.0960. The topological polar surface area (TPSA) is 104 Å². The molecule has 0 aliphatic rings. The van der Waals surface area contributed by atoms with Crippen molar-refractivity contribution in [3.05, 3.63) is 42.5 Å². The highest BCUT2D eigenvalue weighted by Gasteiger charge is 2.10. The van der Waals surface area contributed by atoms with Crippen LogP contribution in [0.15, 0.2) is 46.8 Å². The van der Waals surface area contributed by atoms with Gasteiger partial charge in [0.15, 0.2) is 5.65 Å². The van der Waals surface area contributed by atoms with Gasteiger partial charge in [0.2, 0.25) is 10.0 Å². The molecular formula is C13H13N5O2S2. The van der Waals surface area contributed by atoms with Gasteiger partial charge in [0, 0.05) is 0 Å². The third-order valence-electron chi connectivity index (χ3n) is 3.17. The average molecular weight is 335 g/mol. The summed E-state index contributed by atoms with van der Waals surface area (Å²) in [6, 6.07) is 6.43. The molecule has 0 radical (unpaired) electrons. The Bertz CT molecular complexity index is 919. The van der Waals surface area contributed by atoms with Crippen molar-refractivity contribution in [1.29, 1.82) is 0 Å². The van der Waals surface area contributed by atoms with Crippen molar-refractivity contribution in [2.75, 3.05) is 6.26 Å². The predicted molar refractivity (Wildman–Crippen MR) is 84.0 cm³/mol. The van der Waals surface area contributed by atoms with Crippen LogP contribution in [0.4, 0.5) is 0 Å². The van der Waals surface area contributed by atoms with E-state index in [1.54, 1.807) is 18.5 Å². The Hall–Kier alpha value is -1.97. The van der Waals surface area contributed by atoms with Gasteiger partial charge in [-0.3, -0.25) is 0 Å². The lowest BCUT2D eigenvalue weighted by molar-refractivity contribution is 0.597. The fourth-order valence-corrected chi connectivity index (χ4v) is 3.11. The summed E-state index contributed by atoms with van der Waals surface area (Å²) in [5.74, 6) is 0. The summed E-state index contributed by atoms with van der Waals surface area (Å²) < 4.78 is 24.4. The Morgan fingerprint density at radius 2 is 1.91 bits per heavy atom. The molecule has 0 aliphatic carbocycles. The van der Waals surface area contributed by atoms with E-state index in [1.165, 1.54) is 30.2 Å². The van der Waals surface area contributed by atoms with E-state index in [2.05, 4.69) is 15.0 Å². The molecule has 2 aromatic heterocycles. The molecule has 22 heavy (non-hydrogen) atoms. The number of primary sulfonamides is 1. The van der Waals surface area contributed by atoms with Gasteiger partial charge in [-0.1, -0.05) is 12.1 Å². The van der Waals surface area contributed by atoms with E-state index < -0.39 is 10.0 Å². The van der Waals surface area contributed by atoms with E-state index in [9.17, 15) is 8.42 Å². The summed E-state index contributed by atoms with van der Waals surface area (Å²) in [7, 11) is -3.67. The lowest BCUT2D eigenvalue weighted by Gasteiger charge is -2.05. The van der Waals surface area contributed by atoms with Crippen LogP contribution in [0.5, 0.6) is 0 Å². The van der Waals surface area contributed by atoms with Crippen molar-refractivity contribution in [3.63, 3.8) is 0 Å². The Kier molecular flexibility index (Phi) is 3.85. The van der Waals surface area contributed by atoms with Crippen LogP contribution in [-0.4, -0.2) is 34.2 Å². The quantitative estimate of drug-likeness (QED) is 0.568. The summed E-state index contributed by atoms with van der Waals surface area (Å²) in [6.45, 7) is 0.534. The lowest BCUT2D eigenvalue weighted by atomic mass is 10.2. The van der Waals surface area contributed by atoms with Gasteiger partial charge < -0.3 is 4.57 Å². The van der Waals surface area contributed by atoms with Crippen LogP contribution in [0.3, 0.4) is 0 Å². The third kappa shape index (κ3) is 2.82. The van der Waals surface area contributed by atoms with Crippen molar-refractivity contribution in [3.8, 4) is 0 Å². The Balaban J connectivity index is 1.94. The molecule has 0 aliphatic heterocycles. The van der Waals surface area contributed by atoms with Gasteiger partial charge in [-0.05, 0) is 24.0 Å². The maximum Gasteiger partial charge on any atom is 0.238 e. The molecule has 0 bridgehead atoms. The largest absolute Gasteiger partial charge is 0.311 e. The molecule has 3 rings (SSSR count). The monoisotopic (exact) mass is 335 g/mol. The first-order valence-electron chi connectivity index (χ1n) is 6.30. The molecule has 0 atom stereocenters. The molecular weight excluding hydrogens is 322 g/mol. The van der Waals surface area contributed by atoms with Crippen molar-refractivity contribution in [2.45, 2.75) is 16.5 Å². The van der Waals surface area contributed by atoms with Gasteiger partial charge in [-0.15, -0.1) is 11.8 Å². The summed E-state index contributed by atoms with van der Waals surface area (Å²) in [6.07, 6.45) is 5.15. The predicted octanol–water partition coefficient (Wildman–Crippen LogP) is 1.24. The van der Waals surface area contributed by atoms with Crippen molar-refractivity contribution in [2.24, 2.45) is 5.14 Å². The van der Waals surface area contributed by atoms with Crippen LogP contribution in [0.1, 0.15) is 5.56 Å². The standard InChI is InChI=1S/C13H13N5O2S2/c1-21-13-11-12(15-7-16-13)18(8-17-11)6-9-2-4-10(5-3-9)22(14,19)20/h2-5,7-8H,6H2,1H3,(H2,14,19,20). The molecule has 0 saturated heterocycles. The normalized spacial score (nSPS) is 11.9. The number of hydrogen-bond acceptors (Lipinski definition) is 6. The van der Waals surface area contributed by atoms with Gasteiger partial charge >= 0.3 is 0 Å². The molecule has 9 heteroatoms. The number of aromatic nitrogens is 4. The van der Waals surface area contributed by atoms with E-state index in [4.69, 9.17) is 5.14 Å². The second-order valence-corrected chi connectivity index (χ2v) is 6.97. The minimum Gasteiger partial charge on any atom is -0.311 e. The zero-order valence-corrected chi connectivity index (χ0v) is 13.3. The highest BCUT2D eigenvalue weighted by atomic mass is 32.2. The molecule has 1 aromatic carbocycles. The van der Waals surface area contributed by atoms with Crippen molar-refractivity contribution < 1.29 is 8.42 Å². The SMILES string of the molecule is CSc1ncnc2c1ncn2Cc1ccc(S(N)(=O)=O)cc1. The smallest absolute Gasteiger partial charge is 0.238 e. The van der Waals surface area contributed by atoms with Crippen molar-refractivity contribution >= 4 is 32.9 Å². The third-order valence-corrected chi connectivity index (χ3v) is 4.78. The first-order chi connectivity index (χ1) is 10.5. The van der Waals surface area contributed by atoms with Gasteiger partial charge in [0.25, 0.3) is 0 Å². The number of benzene rings is 1. The van der Waals surface area contributed by atoms with E-state index in [-0.39, 0.29) is 4.90 Å². The summed E-state index contributed by atoms with van der Waals surface area (Å²) >= 11 is 1.52. The minimum atomic E-state index is -3.67. The highest BCUT2D eigenvalue weighted by molar-refractivity contribution is 7.98. The summed E-state index contributed by atoms with van der Waals surface area (Å²) in [4.78, 5) is 12.9. The van der Waals surface area contributed by atoms with Crippen LogP contribution >= 0.6 is 11.8 Å². The first-order valence-corrected chi connectivity index (χ1v) is 9.07. The van der Waals surface area contributed by atoms with E-state index in [1.807, 2.05) is 10.8 Å². The average Bonchev–Trinajstić information content (AvgIpc) is 2.90. The molecule has 0 saturated carbocycles. The molecule has 0 spiro atoms. The number of rotatable bonds is 4. The molecule has 0 amide bonds. The zero-order chi connectivity index (χ0) is 15.7. The summed E-state index contributed by atoms with van der Waals surface area (Å²) in [5, 5.41) is 5.91. The number of fused-ring (bicyclic) bond motifs is 1. The van der Waals surface area contributed by atoms with Gasteiger partial charge in [0.1, 0.15) is 16.9 Å². The van der Waals surface area contributed by atoms with Gasteiger partial charge in [-0.2, -0.15) is 0 Å². The number of sulfonamides is 1. The van der Waals surface area contributed by atoms with Crippen LogP contribution in [0, 0.1) is 0 Å². The number of nitrogens with zero attached hydrogens (tertiary/aromatic N) is 4. The fraction of sp³-hybridized carbons (Fsp3) is 0.154. The number of hydrogen-bond donors (Lipinski definition) is 1. The van der Waals surface area contributed by atoms with Crippen LogP contribution in [0.2, 0.25) is 0 Å². The lowest BCUT2D eigenvalue weighted by Crippen LogP contribution is -2.12. The molecule has 0 fully saturated rings. The molecule has 0 unspecified atom stereocenters. The molecule has 2 N–H and O–H groups in total. The second-order valence-electron chi connectivity index (χ2n) is 4.62. The summed E-state index contributed by atoms with van der Waals surface area (Å²) in [5.41, 5.74) is 2.43. The van der Waals surface area contributed by atoms with Crippen LogP contribution in [-0.2, 0) is 16.6 Å². The first kappa shape index (κ1) is 14.9. The van der Waals surface area contributed by atoms with E-state index in [0.29, 0.717) is 6.54 Å². The zero-order valence-electron chi connectivity index (χ0n) is 11.7. The number of imidazole rings is 1. The fourth-order valence-electron chi connectivity index (χ4n) is 2.11. The number of nitrogens with two attached hydrogens (primary N) is 1. The maximum atomic E-state index is 11.2. The van der Waals surface area contributed by atoms with Crippen molar-refractivity contribution in [1.82, 2.24) is 19.5 Å². The maximum absolute atomic E-state index is 11.2. The van der Waals surface area contributed by atoms with Gasteiger partial charge in [-0.25, -0.2) is 28.5 Å². The van der Waals surface area contributed by atoms with E-state index in [0.717, 1.165) is 21.8 Å². The molecule has 114 valence electrons. The Morgan fingerprint density at radius 3 is 2.55 bits per heavy atom. The Morgan fingerprint density at radius 1 is 1.18 bits per heavy atom. The van der Waals surface area contributed by atoms with E-state index >= 15 is 0 Å². The Labute approximate surface area is 131 Å². The molecule has 2 heterocycles. The van der Waals surface area contributed by atoms with Crippen LogP contribution < -0.4 is 5.14 Å². The van der Waals surface area contributed by atoms with Gasteiger partial charge in [0.05, 0.1) is 17.8 Å². The number of thioether (sulfide) groups is 1. The molecule has 7 nitrogen and oxygen atoms in total. The second kappa shape index (κ2) is 5.67. The molecule has 3 aromatic rings.